The van der Waals surface area contributed by atoms with Crippen molar-refractivity contribution in [2.24, 2.45) is 0 Å². The molecule has 1 atom stereocenters. The molecular weight excluding hydrogens is 268 g/mol. The van der Waals surface area contributed by atoms with Gasteiger partial charge in [0.15, 0.2) is 11.5 Å². The van der Waals surface area contributed by atoms with Crippen molar-refractivity contribution >= 4 is 0 Å². The molecule has 0 aliphatic carbocycles. The Balaban J connectivity index is 2.03. The van der Waals surface area contributed by atoms with Crippen molar-refractivity contribution in [1.29, 1.82) is 0 Å². The summed E-state index contributed by atoms with van der Waals surface area (Å²) in [5.74, 6) is 0.799. The Morgan fingerprint density at radius 2 is 2.14 bits per heavy atom. The third kappa shape index (κ3) is 4.09. The lowest BCUT2D eigenvalue weighted by Crippen LogP contribution is -2.51. The van der Waals surface area contributed by atoms with E-state index in [1.165, 1.54) is 0 Å². The van der Waals surface area contributed by atoms with Crippen LogP contribution in [0.5, 0.6) is 11.5 Å². The quantitative estimate of drug-likeness (QED) is 0.828. The number of aliphatic hydroxyl groups excluding tert-OH is 1. The molecule has 5 nitrogen and oxygen atoms in total. The van der Waals surface area contributed by atoms with E-state index in [1.54, 1.807) is 6.07 Å². The summed E-state index contributed by atoms with van der Waals surface area (Å²) in [6.07, 6.45) is 0.790. The summed E-state index contributed by atoms with van der Waals surface area (Å²) in [5, 5.41) is 19.4. The topological polar surface area (TPSA) is 56.2 Å². The molecule has 0 radical (unpaired) electrons. The molecule has 2 N–H and O–H groups in total. The summed E-state index contributed by atoms with van der Waals surface area (Å²) in [4.78, 5) is 4.62. The minimum atomic E-state index is 0.216. The molecule has 0 aromatic heterocycles. The third-order valence-corrected chi connectivity index (χ3v) is 4.10. The summed E-state index contributed by atoms with van der Waals surface area (Å²) in [6, 6.07) is 6.03. The first kappa shape index (κ1) is 16.1. The molecule has 1 aliphatic rings. The molecule has 1 aromatic rings. The normalized spacial score (nSPS) is 20.6. The number of phenolic OH excluding ortho intramolecular Hbond substituents is 1. The second-order valence-corrected chi connectivity index (χ2v) is 5.58. The van der Waals surface area contributed by atoms with E-state index in [9.17, 15) is 5.11 Å². The van der Waals surface area contributed by atoms with E-state index in [4.69, 9.17) is 9.84 Å². The van der Waals surface area contributed by atoms with Crippen molar-refractivity contribution in [3.63, 3.8) is 0 Å². The van der Waals surface area contributed by atoms with E-state index < -0.39 is 0 Å². The van der Waals surface area contributed by atoms with Crippen LogP contribution in [-0.2, 0) is 6.54 Å². The number of piperazine rings is 1. The Labute approximate surface area is 126 Å². The average molecular weight is 294 g/mol. The Bertz CT molecular complexity index is 453. The van der Waals surface area contributed by atoms with Crippen molar-refractivity contribution in [2.75, 3.05) is 39.9 Å². The van der Waals surface area contributed by atoms with Gasteiger partial charge in [0.25, 0.3) is 0 Å². The van der Waals surface area contributed by atoms with Gasteiger partial charge < -0.3 is 19.8 Å². The fraction of sp³-hybridized carbons (Fsp3) is 0.625. The largest absolute Gasteiger partial charge is 0.504 e. The number of aliphatic hydroxyl groups is 1. The minimum absolute atomic E-state index is 0.216. The SMILES string of the molecule is CCOc1cccc(CN2CCN(C)[C@@H](CCO)C2)c1O. The van der Waals surface area contributed by atoms with Crippen LogP contribution in [0, 0.1) is 0 Å². The van der Waals surface area contributed by atoms with Crippen molar-refractivity contribution in [2.45, 2.75) is 25.9 Å². The number of hydrogen-bond acceptors (Lipinski definition) is 5. The molecular formula is C16H26N2O3. The van der Waals surface area contributed by atoms with Gasteiger partial charge in [-0.2, -0.15) is 0 Å². The Hall–Kier alpha value is -1.30. The third-order valence-electron chi connectivity index (χ3n) is 4.10. The first-order chi connectivity index (χ1) is 10.2. The Morgan fingerprint density at radius 1 is 1.33 bits per heavy atom. The monoisotopic (exact) mass is 294 g/mol. The number of hydrogen-bond donors (Lipinski definition) is 2. The van der Waals surface area contributed by atoms with Gasteiger partial charge in [0.1, 0.15) is 0 Å². The number of rotatable bonds is 6. The number of phenols is 1. The van der Waals surface area contributed by atoms with E-state index in [0.717, 1.165) is 31.6 Å². The molecule has 21 heavy (non-hydrogen) atoms. The number of aromatic hydroxyl groups is 1. The van der Waals surface area contributed by atoms with Gasteiger partial charge in [0.05, 0.1) is 6.61 Å². The highest BCUT2D eigenvalue weighted by Crippen LogP contribution is 2.31. The molecule has 1 aliphatic heterocycles. The van der Waals surface area contributed by atoms with Gasteiger partial charge in [-0.15, -0.1) is 0 Å². The highest BCUT2D eigenvalue weighted by molar-refractivity contribution is 5.45. The van der Waals surface area contributed by atoms with Gasteiger partial charge in [-0.3, -0.25) is 4.90 Å². The van der Waals surface area contributed by atoms with Crippen molar-refractivity contribution < 1.29 is 14.9 Å². The fourth-order valence-electron chi connectivity index (χ4n) is 2.82. The molecule has 1 fully saturated rings. The maximum absolute atomic E-state index is 10.3. The van der Waals surface area contributed by atoms with Gasteiger partial charge >= 0.3 is 0 Å². The number of likely N-dealkylation sites (N-methyl/N-ethyl adjacent to an activating group) is 1. The van der Waals surface area contributed by atoms with Crippen LogP contribution in [0.15, 0.2) is 18.2 Å². The zero-order chi connectivity index (χ0) is 15.2. The van der Waals surface area contributed by atoms with Crippen LogP contribution in [0.3, 0.4) is 0 Å². The molecule has 5 heteroatoms. The van der Waals surface area contributed by atoms with Gasteiger partial charge in [-0.05, 0) is 26.5 Å². The van der Waals surface area contributed by atoms with Crippen LogP contribution >= 0.6 is 0 Å². The van der Waals surface area contributed by atoms with Crippen molar-refractivity contribution in [1.82, 2.24) is 9.80 Å². The highest BCUT2D eigenvalue weighted by atomic mass is 16.5. The van der Waals surface area contributed by atoms with E-state index in [2.05, 4.69) is 16.8 Å². The predicted molar refractivity (Wildman–Crippen MR) is 82.7 cm³/mol. The summed E-state index contributed by atoms with van der Waals surface area (Å²) in [5.41, 5.74) is 0.897. The minimum Gasteiger partial charge on any atom is -0.504 e. The Kier molecular flexibility index (Phi) is 5.85. The molecule has 1 saturated heterocycles. The average Bonchev–Trinajstić information content (AvgIpc) is 2.47. The molecule has 0 amide bonds. The first-order valence-corrected chi connectivity index (χ1v) is 7.62. The molecule has 118 valence electrons. The first-order valence-electron chi connectivity index (χ1n) is 7.62. The van der Waals surface area contributed by atoms with Crippen LogP contribution in [-0.4, -0.2) is 66.0 Å². The molecule has 2 rings (SSSR count). The summed E-state index contributed by atoms with van der Waals surface area (Å²) >= 11 is 0. The second-order valence-electron chi connectivity index (χ2n) is 5.58. The molecule has 0 spiro atoms. The van der Waals surface area contributed by atoms with Crippen LogP contribution in [0.1, 0.15) is 18.9 Å². The number of nitrogens with zero attached hydrogens (tertiary/aromatic N) is 2. The van der Waals surface area contributed by atoms with Gasteiger partial charge in [-0.1, -0.05) is 12.1 Å². The maximum atomic E-state index is 10.3. The zero-order valence-electron chi connectivity index (χ0n) is 13.0. The molecule has 0 unspecified atom stereocenters. The van der Waals surface area contributed by atoms with E-state index in [1.807, 2.05) is 19.1 Å². The molecule has 1 aromatic carbocycles. The number of ether oxygens (including phenoxy) is 1. The molecule has 0 bridgehead atoms. The molecule has 0 saturated carbocycles. The van der Waals surface area contributed by atoms with Gasteiger partial charge in [0, 0.05) is 44.4 Å². The van der Waals surface area contributed by atoms with E-state index >= 15 is 0 Å². The van der Waals surface area contributed by atoms with Gasteiger partial charge in [-0.25, -0.2) is 0 Å². The predicted octanol–water partition coefficient (Wildman–Crippen LogP) is 1.29. The lowest BCUT2D eigenvalue weighted by molar-refractivity contribution is 0.0738. The van der Waals surface area contributed by atoms with Crippen molar-refractivity contribution in [3.8, 4) is 11.5 Å². The van der Waals surface area contributed by atoms with Crippen LogP contribution < -0.4 is 4.74 Å². The zero-order valence-corrected chi connectivity index (χ0v) is 13.0. The Morgan fingerprint density at radius 3 is 2.86 bits per heavy atom. The summed E-state index contributed by atoms with van der Waals surface area (Å²) in [6.45, 7) is 6.25. The highest BCUT2D eigenvalue weighted by Gasteiger charge is 2.24. The lowest BCUT2D eigenvalue weighted by atomic mass is 10.1. The second kappa shape index (κ2) is 7.64. The maximum Gasteiger partial charge on any atom is 0.162 e. The summed E-state index contributed by atoms with van der Waals surface area (Å²) < 4.78 is 5.43. The fourth-order valence-corrected chi connectivity index (χ4v) is 2.82. The number of para-hydroxylation sites is 1. The number of benzene rings is 1. The molecule has 1 heterocycles. The van der Waals surface area contributed by atoms with Crippen LogP contribution in [0.2, 0.25) is 0 Å². The van der Waals surface area contributed by atoms with Crippen LogP contribution in [0.4, 0.5) is 0 Å². The summed E-state index contributed by atoms with van der Waals surface area (Å²) in [7, 11) is 2.10. The smallest absolute Gasteiger partial charge is 0.162 e. The van der Waals surface area contributed by atoms with Crippen LogP contribution in [0.25, 0.3) is 0 Å². The van der Waals surface area contributed by atoms with Gasteiger partial charge in [0.2, 0.25) is 0 Å². The standard InChI is InChI=1S/C16H26N2O3/c1-3-21-15-6-4-5-13(16(15)20)11-18-9-8-17(2)14(12-18)7-10-19/h4-6,14,19-20H,3,7-12H2,1-2H3/t14-/m0/s1. The van der Waals surface area contributed by atoms with E-state index in [0.29, 0.717) is 24.9 Å². The lowest BCUT2D eigenvalue weighted by Gasteiger charge is -2.39. The van der Waals surface area contributed by atoms with Crippen molar-refractivity contribution in [3.05, 3.63) is 23.8 Å². The van der Waals surface area contributed by atoms with E-state index in [-0.39, 0.29) is 12.4 Å².